The second kappa shape index (κ2) is 5.53. The van der Waals surface area contributed by atoms with Crippen molar-refractivity contribution in [3.05, 3.63) is 16.4 Å². The van der Waals surface area contributed by atoms with E-state index in [1.165, 1.54) is 37.8 Å². The molecule has 2 N–H and O–H groups in total. The molecule has 0 aliphatic heterocycles. The predicted octanol–water partition coefficient (Wildman–Crippen LogP) is 3.81. The van der Waals surface area contributed by atoms with E-state index in [4.69, 9.17) is 5.73 Å². The molecule has 1 aliphatic carbocycles. The normalized spacial score (nSPS) is 19.8. The van der Waals surface area contributed by atoms with Gasteiger partial charge in [0.2, 0.25) is 0 Å². The Labute approximate surface area is 112 Å². The van der Waals surface area contributed by atoms with Crippen LogP contribution >= 0.6 is 15.9 Å². The van der Waals surface area contributed by atoms with Crippen LogP contribution in [0.2, 0.25) is 0 Å². The monoisotopic (exact) mass is 299 g/mol. The van der Waals surface area contributed by atoms with Gasteiger partial charge in [0.15, 0.2) is 0 Å². The number of nitrogens with zero attached hydrogens (tertiary/aromatic N) is 2. The Balaban J connectivity index is 2.22. The highest BCUT2D eigenvalue weighted by molar-refractivity contribution is 9.10. The highest BCUT2D eigenvalue weighted by Crippen LogP contribution is 2.36. The van der Waals surface area contributed by atoms with Crippen LogP contribution < -0.4 is 5.73 Å². The van der Waals surface area contributed by atoms with Crippen molar-refractivity contribution in [2.24, 2.45) is 11.7 Å². The van der Waals surface area contributed by atoms with Crippen LogP contribution in [0.1, 0.15) is 63.7 Å². The fourth-order valence-corrected chi connectivity index (χ4v) is 3.33. The molecule has 1 aromatic rings. The smallest absolute Gasteiger partial charge is 0.0699 e. The van der Waals surface area contributed by atoms with E-state index in [9.17, 15) is 0 Å². The van der Waals surface area contributed by atoms with E-state index in [0.717, 1.165) is 4.47 Å². The van der Waals surface area contributed by atoms with Crippen LogP contribution in [-0.2, 0) is 0 Å². The number of hydrogen-bond acceptors (Lipinski definition) is 2. The van der Waals surface area contributed by atoms with Crippen LogP contribution in [0.25, 0.3) is 0 Å². The lowest BCUT2D eigenvalue weighted by Crippen LogP contribution is -2.27. The summed E-state index contributed by atoms with van der Waals surface area (Å²) < 4.78 is 3.12. The fraction of sp³-hybridized carbons (Fsp3) is 0.769. The van der Waals surface area contributed by atoms with Crippen LogP contribution in [0.4, 0.5) is 0 Å². The minimum atomic E-state index is 0.120. The third-order valence-electron chi connectivity index (χ3n) is 3.75. The van der Waals surface area contributed by atoms with E-state index in [1.54, 1.807) is 0 Å². The first kappa shape index (κ1) is 13.1. The van der Waals surface area contributed by atoms with Crippen molar-refractivity contribution in [1.29, 1.82) is 0 Å². The van der Waals surface area contributed by atoms with Gasteiger partial charge in [-0.05, 0) is 48.5 Å². The molecular weight excluding hydrogens is 278 g/mol. The number of rotatable bonds is 3. The van der Waals surface area contributed by atoms with E-state index in [0.29, 0.717) is 12.0 Å². The third kappa shape index (κ3) is 2.74. The number of hydrogen-bond donors (Lipinski definition) is 1. The van der Waals surface area contributed by atoms with Gasteiger partial charge in [0.1, 0.15) is 0 Å². The summed E-state index contributed by atoms with van der Waals surface area (Å²) in [6.07, 6.45) is 8.41. The zero-order valence-electron chi connectivity index (χ0n) is 10.7. The lowest BCUT2D eigenvalue weighted by atomic mass is 9.83. The Bertz CT molecular complexity index is 367. The van der Waals surface area contributed by atoms with Gasteiger partial charge in [0.05, 0.1) is 22.4 Å². The lowest BCUT2D eigenvalue weighted by Gasteiger charge is -2.29. The Morgan fingerprint density at radius 3 is 2.59 bits per heavy atom. The molecule has 4 heteroatoms. The Hall–Kier alpha value is -0.350. The van der Waals surface area contributed by atoms with Crippen molar-refractivity contribution in [3.63, 3.8) is 0 Å². The first-order valence-corrected chi connectivity index (χ1v) is 7.39. The Morgan fingerprint density at radius 1 is 1.35 bits per heavy atom. The molecule has 0 aromatic carbocycles. The summed E-state index contributed by atoms with van der Waals surface area (Å²) in [5.74, 6) is 0.620. The van der Waals surface area contributed by atoms with Gasteiger partial charge in [-0.3, -0.25) is 4.68 Å². The molecule has 1 atom stereocenters. The van der Waals surface area contributed by atoms with Crippen molar-refractivity contribution in [3.8, 4) is 0 Å². The van der Waals surface area contributed by atoms with Crippen LogP contribution in [0.15, 0.2) is 10.7 Å². The molecule has 1 unspecified atom stereocenters. The third-order valence-corrected chi connectivity index (χ3v) is 4.36. The lowest BCUT2D eigenvalue weighted by molar-refractivity contribution is 0.294. The Kier molecular flexibility index (Phi) is 4.26. The molecule has 0 amide bonds. The van der Waals surface area contributed by atoms with Crippen LogP contribution in [0.3, 0.4) is 0 Å². The number of halogens is 1. The van der Waals surface area contributed by atoms with Crippen LogP contribution in [0, 0.1) is 5.92 Å². The standard InChI is InChI=1S/C13H22BrN3/c1-9(2)17-13(11(14)8-16-17)12(15)10-6-4-3-5-7-10/h8-10,12H,3-7,15H2,1-2H3. The zero-order valence-corrected chi connectivity index (χ0v) is 12.3. The molecule has 1 aliphatic rings. The molecule has 0 radical (unpaired) electrons. The summed E-state index contributed by atoms with van der Waals surface area (Å²) in [5.41, 5.74) is 7.64. The average Bonchev–Trinajstić information content (AvgIpc) is 2.71. The molecule has 1 fully saturated rings. The van der Waals surface area contributed by atoms with E-state index in [2.05, 4.69) is 39.6 Å². The number of nitrogens with two attached hydrogens (primary N) is 1. The molecule has 2 rings (SSSR count). The van der Waals surface area contributed by atoms with Gasteiger partial charge in [-0.25, -0.2) is 0 Å². The van der Waals surface area contributed by atoms with E-state index < -0.39 is 0 Å². The second-order valence-electron chi connectivity index (χ2n) is 5.34. The number of aromatic nitrogens is 2. The SMILES string of the molecule is CC(C)n1ncc(Br)c1C(N)C1CCCCC1. The first-order chi connectivity index (χ1) is 8.11. The minimum absolute atomic E-state index is 0.120. The minimum Gasteiger partial charge on any atom is -0.322 e. The van der Waals surface area contributed by atoms with Crippen molar-refractivity contribution < 1.29 is 0 Å². The largest absolute Gasteiger partial charge is 0.322 e. The van der Waals surface area contributed by atoms with Gasteiger partial charge in [-0.2, -0.15) is 5.10 Å². The summed E-state index contributed by atoms with van der Waals surface area (Å²) in [6, 6.07) is 0.487. The van der Waals surface area contributed by atoms with E-state index in [1.807, 2.05) is 6.20 Å². The summed E-state index contributed by atoms with van der Waals surface area (Å²) in [7, 11) is 0. The molecule has 96 valence electrons. The van der Waals surface area contributed by atoms with Gasteiger partial charge >= 0.3 is 0 Å². The van der Waals surface area contributed by atoms with Gasteiger partial charge < -0.3 is 5.73 Å². The fourth-order valence-electron chi connectivity index (χ4n) is 2.79. The predicted molar refractivity (Wildman–Crippen MR) is 73.8 cm³/mol. The maximum atomic E-state index is 6.46. The highest BCUT2D eigenvalue weighted by atomic mass is 79.9. The topological polar surface area (TPSA) is 43.8 Å². The van der Waals surface area contributed by atoms with Gasteiger partial charge in [-0.15, -0.1) is 0 Å². The maximum absolute atomic E-state index is 6.46. The molecule has 1 aromatic heterocycles. The average molecular weight is 300 g/mol. The molecule has 0 saturated heterocycles. The molecule has 0 bridgehead atoms. The quantitative estimate of drug-likeness (QED) is 0.922. The van der Waals surface area contributed by atoms with E-state index in [-0.39, 0.29) is 6.04 Å². The molecule has 3 nitrogen and oxygen atoms in total. The summed E-state index contributed by atoms with van der Waals surface area (Å²) in [4.78, 5) is 0. The van der Waals surface area contributed by atoms with Crippen molar-refractivity contribution in [2.45, 2.75) is 58.0 Å². The molecular formula is C13H22BrN3. The maximum Gasteiger partial charge on any atom is 0.0699 e. The first-order valence-electron chi connectivity index (χ1n) is 6.59. The van der Waals surface area contributed by atoms with Crippen LogP contribution in [0.5, 0.6) is 0 Å². The van der Waals surface area contributed by atoms with Crippen molar-refractivity contribution >= 4 is 15.9 Å². The zero-order chi connectivity index (χ0) is 12.4. The molecule has 17 heavy (non-hydrogen) atoms. The van der Waals surface area contributed by atoms with Crippen molar-refractivity contribution in [2.75, 3.05) is 0 Å². The highest BCUT2D eigenvalue weighted by Gasteiger charge is 2.27. The van der Waals surface area contributed by atoms with Gasteiger partial charge in [0.25, 0.3) is 0 Å². The van der Waals surface area contributed by atoms with Gasteiger partial charge in [0, 0.05) is 6.04 Å². The summed E-state index contributed by atoms with van der Waals surface area (Å²) in [6.45, 7) is 4.30. The molecule has 1 saturated carbocycles. The van der Waals surface area contributed by atoms with E-state index >= 15 is 0 Å². The molecule has 1 heterocycles. The second-order valence-corrected chi connectivity index (χ2v) is 6.19. The van der Waals surface area contributed by atoms with Crippen molar-refractivity contribution in [1.82, 2.24) is 9.78 Å². The van der Waals surface area contributed by atoms with Gasteiger partial charge in [-0.1, -0.05) is 19.3 Å². The Morgan fingerprint density at radius 2 is 2.00 bits per heavy atom. The summed E-state index contributed by atoms with van der Waals surface area (Å²) in [5, 5.41) is 4.42. The molecule has 0 spiro atoms. The van der Waals surface area contributed by atoms with Crippen LogP contribution in [-0.4, -0.2) is 9.78 Å². The summed E-state index contributed by atoms with van der Waals surface area (Å²) >= 11 is 3.59.